The van der Waals surface area contributed by atoms with Gasteiger partial charge in [-0.15, -0.1) is 0 Å². The van der Waals surface area contributed by atoms with Gasteiger partial charge in [0.15, 0.2) is 11.6 Å². The van der Waals surface area contributed by atoms with Crippen molar-refractivity contribution in [3.63, 3.8) is 0 Å². The van der Waals surface area contributed by atoms with Gasteiger partial charge in [-0.05, 0) is 32.6 Å². The number of carboxylic acid groups (broad SMARTS) is 1. The number of carbonyl (C=O) groups is 2. The Hall–Kier alpha value is -1.22. The van der Waals surface area contributed by atoms with Gasteiger partial charge in [-0.1, -0.05) is 0 Å². The average Bonchev–Trinajstić information content (AvgIpc) is 3.33. The van der Waals surface area contributed by atoms with Gasteiger partial charge in [-0.25, -0.2) is 0 Å². The van der Waals surface area contributed by atoms with E-state index in [1.807, 2.05) is 6.92 Å². The van der Waals surface area contributed by atoms with Gasteiger partial charge in [0.05, 0.1) is 44.9 Å². The van der Waals surface area contributed by atoms with E-state index in [0.717, 1.165) is 38.5 Å². The summed E-state index contributed by atoms with van der Waals surface area (Å²) in [5.74, 6) is -2.19. The van der Waals surface area contributed by atoms with E-state index in [0.29, 0.717) is 45.9 Å². The van der Waals surface area contributed by atoms with Gasteiger partial charge in [0.25, 0.3) is 0 Å². The molecule has 0 amide bonds. The van der Waals surface area contributed by atoms with Crippen LogP contribution in [0.25, 0.3) is 0 Å². The van der Waals surface area contributed by atoms with E-state index in [-0.39, 0.29) is 17.8 Å². The molecule has 2 saturated carbocycles. The molecule has 1 N–H and O–H groups in total. The second kappa shape index (κ2) is 9.52. The molecule has 2 heterocycles. The molecule has 0 aromatic carbocycles. The second-order valence-electron chi connectivity index (χ2n) is 7.89. The molecule has 2 unspecified atom stereocenters. The van der Waals surface area contributed by atoms with Crippen LogP contribution in [0.1, 0.15) is 58.3 Å². The SMILES string of the molecule is CCOC(=O)C1CCCC2(C1)OCCO2.O=C(O)C1CCCC2(C1)OCCO2. The van der Waals surface area contributed by atoms with Crippen LogP contribution in [0, 0.1) is 11.8 Å². The largest absolute Gasteiger partial charge is 0.481 e. The predicted molar refractivity (Wildman–Crippen MR) is 97.5 cm³/mol. The van der Waals surface area contributed by atoms with Crippen LogP contribution in [0.2, 0.25) is 0 Å². The first kappa shape index (κ1) is 21.5. The lowest BCUT2D eigenvalue weighted by Gasteiger charge is -2.34. The van der Waals surface area contributed by atoms with Crippen molar-refractivity contribution in [2.24, 2.45) is 11.8 Å². The average molecular weight is 400 g/mol. The third-order valence-electron chi connectivity index (χ3n) is 5.93. The Labute approximate surface area is 165 Å². The van der Waals surface area contributed by atoms with Crippen LogP contribution < -0.4 is 0 Å². The highest BCUT2D eigenvalue weighted by Gasteiger charge is 2.44. The zero-order valence-electron chi connectivity index (χ0n) is 16.7. The van der Waals surface area contributed by atoms with Crippen molar-refractivity contribution >= 4 is 11.9 Å². The molecule has 0 aromatic heterocycles. The summed E-state index contributed by atoms with van der Waals surface area (Å²) in [6.07, 6.45) is 6.44. The Bertz CT molecular complexity index is 536. The van der Waals surface area contributed by atoms with Gasteiger partial charge < -0.3 is 28.8 Å². The van der Waals surface area contributed by atoms with Crippen molar-refractivity contribution in [3.8, 4) is 0 Å². The van der Waals surface area contributed by atoms with Gasteiger partial charge in [0.1, 0.15) is 0 Å². The maximum atomic E-state index is 11.6. The zero-order valence-corrected chi connectivity index (χ0v) is 16.7. The van der Waals surface area contributed by atoms with Crippen LogP contribution in [-0.2, 0) is 33.3 Å². The van der Waals surface area contributed by atoms with Crippen molar-refractivity contribution in [1.82, 2.24) is 0 Å². The van der Waals surface area contributed by atoms with E-state index >= 15 is 0 Å². The fourth-order valence-electron chi connectivity index (χ4n) is 4.59. The minimum atomic E-state index is -0.724. The number of hydrogen-bond acceptors (Lipinski definition) is 7. The standard InChI is InChI=1S/C11H18O4.C9H14O4/c1-2-13-10(12)9-4-3-5-11(8-9)14-6-7-15-11;10-8(11)7-2-1-3-9(6-7)12-4-5-13-9/h9H,2-8H2,1H3;7H,1-6H2,(H,10,11). The minimum absolute atomic E-state index is 0.0446. The third-order valence-corrected chi connectivity index (χ3v) is 5.93. The molecular formula is C20H32O8. The highest BCUT2D eigenvalue weighted by atomic mass is 16.7. The number of carbonyl (C=O) groups excluding carboxylic acids is 1. The van der Waals surface area contributed by atoms with E-state index in [2.05, 4.69) is 0 Å². The molecule has 2 spiro atoms. The highest BCUT2D eigenvalue weighted by molar-refractivity contribution is 5.72. The Balaban J connectivity index is 0.000000162. The molecule has 4 fully saturated rings. The Morgan fingerprint density at radius 1 is 0.893 bits per heavy atom. The number of aliphatic carboxylic acids is 1. The summed E-state index contributed by atoms with van der Waals surface area (Å²) in [6, 6.07) is 0. The lowest BCUT2D eigenvalue weighted by atomic mass is 9.85. The molecular weight excluding hydrogens is 368 g/mol. The van der Waals surface area contributed by atoms with Crippen LogP contribution in [0.15, 0.2) is 0 Å². The molecule has 0 radical (unpaired) electrons. The van der Waals surface area contributed by atoms with Crippen molar-refractivity contribution in [3.05, 3.63) is 0 Å². The molecule has 2 atom stereocenters. The minimum Gasteiger partial charge on any atom is -0.481 e. The molecule has 4 rings (SSSR count). The molecule has 0 aromatic rings. The Kier molecular flexibility index (Phi) is 7.31. The fraction of sp³-hybridized carbons (Fsp3) is 0.900. The number of ether oxygens (including phenoxy) is 5. The lowest BCUT2D eigenvalue weighted by Crippen LogP contribution is -2.39. The van der Waals surface area contributed by atoms with Crippen molar-refractivity contribution in [1.29, 1.82) is 0 Å². The predicted octanol–water partition coefficient (Wildman–Crippen LogP) is 2.49. The first-order chi connectivity index (χ1) is 13.5. The quantitative estimate of drug-likeness (QED) is 0.721. The monoisotopic (exact) mass is 400 g/mol. The summed E-state index contributed by atoms with van der Waals surface area (Å²) >= 11 is 0. The summed E-state index contributed by atoms with van der Waals surface area (Å²) in [5.41, 5.74) is 0. The third kappa shape index (κ3) is 5.23. The molecule has 2 saturated heterocycles. The van der Waals surface area contributed by atoms with Crippen molar-refractivity contribution in [2.75, 3.05) is 33.0 Å². The van der Waals surface area contributed by atoms with Crippen LogP contribution in [0.3, 0.4) is 0 Å². The molecule has 2 aliphatic heterocycles. The summed E-state index contributed by atoms with van der Waals surface area (Å²) in [5, 5.41) is 8.87. The van der Waals surface area contributed by atoms with Crippen molar-refractivity contribution in [2.45, 2.75) is 69.9 Å². The van der Waals surface area contributed by atoms with Gasteiger partial charge in [-0.2, -0.15) is 0 Å². The normalized spacial score (nSPS) is 30.6. The summed E-state index contributed by atoms with van der Waals surface area (Å²) in [6.45, 7) is 4.78. The number of rotatable bonds is 3. The summed E-state index contributed by atoms with van der Waals surface area (Å²) < 4.78 is 27.2. The fourth-order valence-corrected chi connectivity index (χ4v) is 4.59. The molecule has 0 bridgehead atoms. The van der Waals surface area contributed by atoms with Gasteiger partial charge in [0.2, 0.25) is 0 Å². The molecule has 8 nitrogen and oxygen atoms in total. The molecule has 2 aliphatic carbocycles. The highest BCUT2D eigenvalue weighted by Crippen LogP contribution is 2.39. The van der Waals surface area contributed by atoms with Crippen LogP contribution >= 0.6 is 0 Å². The van der Waals surface area contributed by atoms with Gasteiger partial charge in [0, 0.05) is 25.7 Å². The maximum Gasteiger partial charge on any atom is 0.309 e. The number of esters is 1. The van der Waals surface area contributed by atoms with Gasteiger partial charge >= 0.3 is 11.9 Å². The Morgan fingerprint density at radius 2 is 1.36 bits per heavy atom. The summed E-state index contributed by atoms with van der Waals surface area (Å²) in [7, 11) is 0. The van der Waals surface area contributed by atoms with E-state index in [1.165, 1.54) is 0 Å². The van der Waals surface area contributed by atoms with E-state index < -0.39 is 17.5 Å². The summed E-state index contributed by atoms with van der Waals surface area (Å²) in [4.78, 5) is 22.4. The Morgan fingerprint density at radius 3 is 1.82 bits per heavy atom. The van der Waals surface area contributed by atoms with Crippen molar-refractivity contribution < 1.29 is 38.4 Å². The van der Waals surface area contributed by atoms with Crippen LogP contribution in [0.4, 0.5) is 0 Å². The zero-order chi connectivity index (χ0) is 20.0. The van der Waals surface area contributed by atoms with Crippen LogP contribution in [0.5, 0.6) is 0 Å². The molecule has 8 heteroatoms. The molecule has 28 heavy (non-hydrogen) atoms. The van der Waals surface area contributed by atoms with E-state index in [4.69, 9.17) is 28.8 Å². The first-order valence-electron chi connectivity index (χ1n) is 10.4. The number of carboxylic acids is 1. The molecule has 4 aliphatic rings. The van der Waals surface area contributed by atoms with E-state index in [9.17, 15) is 9.59 Å². The van der Waals surface area contributed by atoms with Gasteiger partial charge in [-0.3, -0.25) is 9.59 Å². The maximum absolute atomic E-state index is 11.6. The first-order valence-corrected chi connectivity index (χ1v) is 10.4. The van der Waals surface area contributed by atoms with E-state index in [1.54, 1.807) is 0 Å². The second-order valence-corrected chi connectivity index (χ2v) is 7.89. The topological polar surface area (TPSA) is 101 Å². The molecule has 160 valence electrons. The van der Waals surface area contributed by atoms with Crippen LogP contribution in [-0.4, -0.2) is 61.7 Å². The number of hydrogen-bond donors (Lipinski definition) is 1. The lowest BCUT2D eigenvalue weighted by molar-refractivity contribution is -0.195. The smallest absolute Gasteiger partial charge is 0.309 e.